The largest absolute Gasteiger partial charge is 0.508 e. The van der Waals surface area contributed by atoms with E-state index in [9.17, 15) is 40.2 Å². The molecule has 4 aromatic carbocycles. The maximum Gasteiger partial charge on any atom is 0.344 e. The topological polar surface area (TPSA) is 165 Å². The van der Waals surface area contributed by atoms with Crippen molar-refractivity contribution in [3.63, 3.8) is 0 Å². The summed E-state index contributed by atoms with van der Waals surface area (Å²) in [5.74, 6) is -5.10. The average molecular weight is 517 g/mol. The van der Waals surface area contributed by atoms with Crippen LogP contribution in [-0.4, -0.2) is 48.2 Å². The van der Waals surface area contributed by atoms with Crippen LogP contribution in [-0.2, 0) is 16.8 Å². The minimum atomic E-state index is -1.93. The quantitative estimate of drug-likeness (QED) is 0.172. The van der Waals surface area contributed by atoms with E-state index in [1.54, 1.807) is 18.2 Å². The number of benzene rings is 4. The number of carbonyl (C=O) groups excluding carboxylic acids is 2. The van der Waals surface area contributed by atoms with Gasteiger partial charge in [-0.3, -0.25) is 4.79 Å². The predicted molar refractivity (Wildman–Crippen MR) is 136 cm³/mol. The first kappa shape index (κ1) is 24.0. The zero-order valence-corrected chi connectivity index (χ0v) is 20.5. The van der Waals surface area contributed by atoms with Crippen molar-refractivity contribution >= 4 is 33.3 Å². The van der Waals surface area contributed by atoms with Crippen molar-refractivity contribution < 1.29 is 45.0 Å². The van der Waals surface area contributed by atoms with Gasteiger partial charge in [-0.25, -0.2) is 4.79 Å². The van der Waals surface area contributed by atoms with E-state index in [-0.39, 0.29) is 62.6 Å². The van der Waals surface area contributed by atoms with Crippen molar-refractivity contribution in [2.75, 3.05) is 0 Å². The lowest BCUT2D eigenvalue weighted by Crippen LogP contribution is -2.41. The Hall–Kier alpha value is -4.34. The average Bonchev–Trinajstić information content (AvgIpc) is 2.81. The number of aliphatic hydroxyl groups is 2. The fourth-order valence-electron chi connectivity index (χ4n) is 5.97. The van der Waals surface area contributed by atoms with Gasteiger partial charge in [-0.1, -0.05) is 13.0 Å². The van der Waals surface area contributed by atoms with Crippen LogP contribution in [0.5, 0.6) is 23.0 Å². The van der Waals surface area contributed by atoms with Crippen molar-refractivity contribution in [2.45, 2.75) is 44.5 Å². The molecule has 2 unspecified atom stereocenters. The van der Waals surface area contributed by atoms with Gasteiger partial charge in [0.15, 0.2) is 0 Å². The molecule has 194 valence electrons. The van der Waals surface area contributed by atoms with Gasteiger partial charge in [0.2, 0.25) is 11.6 Å². The summed E-state index contributed by atoms with van der Waals surface area (Å²) in [6, 6.07) is 8.41. The Labute approximate surface area is 215 Å². The number of rotatable bonds is 2. The Morgan fingerprint density at radius 3 is 2.29 bits per heavy atom. The van der Waals surface area contributed by atoms with E-state index in [1.165, 1.54) is 19.1 Å². The Kier molecular flexibility index (Phi) is 4.80. The Morgan fingerprint density at radius 2 is 1.58 bits per heavy atom. The predicted octanol–water partition coefficient (Wildman–Crippen LogP) is 3.82. The van der Waals surface area contributed by atoms with E-state index in [4.69, 9.17) is 4.74 Å². The number of carbonyl (C=O) groups is 2. The van der Waals surface area contributed by atoms with Gasteiger partial charge in [-0.05, 0) is 53.9 Å². The molecule has 1 aliphatic heterocycles. The van der Waals surface area contributed by atoms with Crippen LogP contribution < -0.4 is 0 Å². The summed E-state index contributed by atoms with van der Waals surface area (Å²) in [4.78, 5) is 26.3. The van der Waals surface area contributed by atoms with E-state index < -0.39 is 40.4 Å². The molecule has 0 fully saturated rings. The number of phenols is 4. The third kappa shape index (κ3) is 3.06. The molecule has 0 amide bonds. The van der Waals surface area contributed by atoms with Gasteiger partial charge in [0, 0.05) is 40.8 Å². The van der Waals surface area contributed by atoms with E-state index in [0.717, 1.165) is 6.07 Å². The first-order valence-corrected chi connectivity index (χ1v) is 12.1. The van der Waals surface area contributed by atoms with Gasteiger partial charge >= 0.3 is 5.97 Å². The van der Waals surface area contributed by atoms with Crippen molar-refractivity contribution in [1.29, 1.82) is 0 Å². The number of fused-ring (bicyclic) bond motifs is 6. The highest BCUT2D eigenvalue weighted by Crippen LogP contribution is 2.51. The highest BCUT2D eigenvalue weighted by Gasteiger charge is 2.44. The van der Waals surface area contributed by atoms with Crippen LogP contribution in [0.2, 0.25) is 0 Å². The maximum absolute atomic E-state index is 13.4. The van der Waals surface area contributed by atoms with E-state index in [1.807, 2.05) is 6.92 Å². The number of hydrogen-bond donors (Lipinski definition) is 6. The highest BCUT2D eigenvalue weighted by molar-refractivity contribution is 6.22. The summed E-state index contributed by atoms with van der Waals surface area (Å²) < 4.78 is 5.28. The molecule has 1 aliphatic carbocycles. The number of hydrogen-bond acceptors (Lipinski definition) is 9. The number of phenolic OH excluding ortho intramolecular Hbond substituents is 4. The first-order valence-electron chi connectivity index (χ1n) is 12.1. The molecule has 38 heavy (non-hydrogen) atoms. The number of ether oxygens (including phenoxy) is 1. The molecule has 6 N–H and O–H groups in total. The summed E-state index contributed by atoms with van der Waals surface area (Å²) in [5, 5.41) is 66.4. The molecular formula is C29H24O9. The first-order chi connectivity index (χ1) is 17.9. The zero-order chi connectivity index (χ0) is 27.3. The number of aromatic hydroxyl groups is 4. The second kappa shape index (κ2) is 7.59. The molecular weight excluding hydrogens is 492 g/mol. The smallest absolute Gasteiger partial charge is 0.344 e. The van der Waals surface area contributed by atoms with Crippen molar-refractivity contribution in [2.24, 2.45) is 0 Å². The van der Waals surface area contributed by atoms with E-state index >= 15 is 0 Å². The summed E-state index contributed by atoms with van der Waals surface area (Å²) in [6.07, 6.45) is 0.793. The standard InChI is InChI=1S/C29H24O9/c1-3-6-29(37)11-13-7-12-4-5-15-16(20(12)25(33)21(13)27(35)38-29)10-18-23(24(15)32)26(34)22-17(28(18,2)36)8-14(30)9-19(22)31/h4-5,7-10,30-33,36-37H,3,6,11H2,1-2H3. The van der Waals surface area contributed by atoms with Crippen LogP contribution in [0.1, 0.15) is 69.7 Å². The molecule has 0 aromatic heterocycles. The number of cyclic esters (lactones) is 1. The monoisotopic (exact) mass is 516 g/mol. The molecule has 2 aliphatic rings. The van der Waals surface area contributed by atoms with Gasteiger partial charge in [0.05, 0.1) is 11.1 Å². The SMILES string of the molecule is CCCC1(O)Cc2cc3ccc4c(O)c5c(cc4c3c(O)c2C(=O)O1)C(C)(O)c1cc(O)cc(O)c1C5=O. The van der Waals surface area contributed by atoms with Crippen LogP contribution in [0.15, 0.2) is 36.4 Å². The van der Waals surface area contributed by atoms with Crippen LogP contribution in [0.4, 0.5) is 0 Å². The number of ketones is 1. The van der Waals surface area contributed by atoms with Gasteiger partial charge in [0.1, 0.15) is 34.2 Å². The van der Waals surface area contributed by atoms with Gasteiger partial charge in [-0.2, -0.15) is 0 Å². The molecule has 0 saturated carbocycles. The second-order valence-electron chi connectivity index (χ2n) is 10.2. The lowest BCUT2D eigenvalue weighted by atomic mass is 9.73. The Balaban J connectivity index is 1.67. The van der Waals surface area contributed by atoms with Gasteiger partial charge < -0.3 is 35.4 Å². The highest BCUT2D eigenvalue weighted by atomic mass is 16.7. The summed E-state index contributed by atoms with van der Waals surface area (Å²) in [6.45, 7) is 3.21. The lowest BCUT2D eigenvalue weighted by molar-refractivity contribution is -0.173. The Bertz CT molecular complexity index is 1750. The van der Waals surface area contributed by atoms with Crippen LogP contribution in [0.25, 0.3) is 21.5 Å². The summed E-state index contributed by atoms with van der Waals surface area (Å²) >= 11 is 0. The van der Waals surface area contributed by atoms with Gasteiger partial charge in [-0.15, -0.1) is 0 Å². The maximum atomic E-state index is 13.4. The fourth-order valence-corrected chi connectivity index (χ4v) is 5.97. The molecule has 2 atom stereocenters. The fraction of sp³-hybridized carbons (Fsp3) is 0.241. The minimum absolute atomic E-state index is 0.00508. The van der Waals surface area contributed by atoms with Crippen molar-refractivity contribution in [3.8, 4) is 23.0 Å². The molecule has 6 rings (SSSR count). The molecule has 1 heterocycles. The molecule has 0 radical (unpaired) electrons. The third-order valence-corrected chi connectivity index (χ3v) is 7.65. The van der Waals surface area contributed by atoms with Crippen LogP contribution in [0.3, 0.4) is 0 Å². The van der Waals surface area contributed by atoms with Gasteiger partial charge in [0.25, 0.3) is 0 Å². The molecule has 0 bridgehead atoms. The molecule has 9 heteroatoms. The number of esters is 1. The second-order valence-corrected chi connectivity index (χ2v) is 10.2. The molecule has 9 nitrogen and oxygen atoms in total. The Morgan fingerprint density at radius 1 is 0.868 bits per heavy atom. The minimum Gasteiger partial charge on any atom is -0.508 e. The van der Waals surface area contributed by atoms with Crippen molar-refractivity contribution in [1.82, 2.24) is 0 Å². The normalized spacial score (nSPS) is 22.2. The van der Waals surface area contributed by atoms with Crippen LogP contribution >= 0.6 is 0 Å². The summed E-state index contributed by atoms with van der Waals surface area (Å²) in [5.41, 5.74) is -2.15. The molecule has 0 spiro atoms. The van der Waals surface area contributed by atoms with Crippen molar-refractivity contribution in [3.05, 3.63) is 69.8 Å². The lowest BCUT2D eigenvalue weighted by Gasteiger charge is -2.34. The molecule has 4 aromatic rings. The van der Waals surface area contributed by atoms with E-state index in [0.29, 0.717) is 17.4 Å². The molecule has 0 saturated heterocycles. The van der Waals surface area contributed by atoms with E-state index in [2.05, 4.69) is 0 Å². The zero-order valence-electron chi connectivity index (χ0n) is 20.5. The van der Waals surface area contributed by atoms with Crippen LogP contribution in [0, 0.1) is 0 Å². The third-order valence-electron chi connectivity index (χ3n) is 7.65. The summed E-state index contributed by atoms with van der Waals surface area (Å²) in [7, 11) is 0.